The summed E-state index contributed by atoms with van der Waals surface area (Å²) < 4.78 is 10.9. The molecular weight excluding hydrogens is 370 g/mol. The van der Waals surface area contributed by atoms with Gasteiger partial charge in [-0.05, 0) is 54.8 Å². The molecule has 1 amide bonds. The molecular formula is C23H25NO5. The Bertz CT molecular complexity index is 993. The van der Waals surface area contributed by atoms with Crippen LogP contribution in [0.5, 0.6) is 17.2 Å². The fraction of sp³-hybridized carbons (Fsp3) is 0.304. The number of carbonyl (C=O) groups excluding carboxylic acids is 2. The highest BCUT2D eigenvalue weighted by atomic mass is 16.5. The molecule has 1 unspecified atom stereocenters. The van der Waals surface area contributed by atoms with Crippen LogP contribution in [0.3, 0.4) is 0 Å². The summed E-state index contributed by atoms with van der Waals surface area (Å²) in [6, 6.07) is 8.66. The van der Waals surface area contributed by atoms with E-state index in [4.69, 9.17) is 9.47 Å². The number of methoxy groups -OCH3 is 1. The first-order valence-electron chi connectivity index (χ1n) is 9.53. The number of hydrogen-bond acceptors (Lipinski definition) is 5. The molecule has 2 aromatic rings. The maximum Gasteiger partial charge on any atom is 0.257 e. The number of hydrogen-bond donors (Lipinski definition) is 2. The number of aromatic hydroxyl groups is 1. The number of phenols is 1. The van der Waals surface area contributed by atoms with Crippen molar-refractivity contribution in [2.45, 2.75) is 26.7 Å². The molecule has 0 spiro atoms. The number of Topliss-reactive ketones (excluding diaryl/α,β-unsaturated/α-hetero) is 1. The van der Waals surface area contributed by atoms with Crippen molar-refractivity contribution >= 4 is 17.8 Å². The second-order valence-corrected chi connectivity index (χ2v) is 6.99. The van der Waals surface area contributed by atoms with Crippen LogP contribution < -0.4 is 14.8 Å². The number of fused-ring (bicyclic) bond motifs is 1. The van der Waals surface area contributed by atoms with Gasteiger partial charge in [0.05, 0.1) is 12.7 Å². The topological polar surface area (TPSA) is 84.9 Å². The van der Waals surface area contributed by atoms with Crippen LogP contribution in [-0.4, -0.2) is 37.1 Å². The lowest BCUT2D eigenvalue weighted by atomic mass is 9.95. The fourth-order valence-corrected chi connectivity index (χ4v) is 3.66. The monoisotopic (exact) mass is 395 g/mol. The first kappa shape index (κ1) is 20.5. The maximum atomic E-state index is 12.9. The Morgan fingerprint density at radius 1 is 1.24 bits per heavy atom. The van der Waals surface area contributed by atoms with Gasteiger partial charge in [-0.3, -0.25) is 9.59 Å². The molecule has 6 nitrogen and oxygen atoms in total. The van der Waals surface area contributed by atoms with Crippen molar-refractivity contribution < 1.29 is 24.2 Å². The van der Waals surface area contributed by atoms with Gasteiger partial charge in [0.25, 0.3) is 5.91 Å². The average Bonchev–Trinajstić information content (AvgIpc) is 2.95. The van der Waals surface area contributed by atoms with Gasteiger partial charge in [0.15, 0.2) is 23.9 Å². The Labute approximate surface area is 170 Å². The van der Waals surface area contributed by atoms with Gasteiger partial charge in [-0.1, -0.05) is 19.1 Å². The van der Waals surface area contributed by atoms with E-state index in [1.165, 1.54) is 7.11 Å². The molecule has 0 aliphatic heterocycles. The third-order valence-corrected chi connectivity index (χ3v) is 5.07. The Morgan fingerprint density at radius 2 is 2.00 bits per heavy atom. The first-order chi connectivity index (χ1) is 13.9. The summed E-state index contributed by atoms with van der Waals surface area (Å²) >= 11 is 0. The standard InChI is InChI=1S/C23H25NO5/c1-5-24-20(26)12-29-18-9-7-15(11-19(18)28-4)10-16-14(3)21-13(2)6-8-17(25)22(21)23(16)27/h6-11,14,25H,5,12H2,1-4H3,(H,24,26)/b16-10-. The van der Waals surface area contributed by atoms with E-state index in [0.29, 0.717) is 29.2 Å². The predicted octanol–water partition coefficient (Wildman–Crippen LogP) is 3.61. The van der Waals surface area contributed by atoms with Crippen LogP contribution >= 0.6 is 0 Å². The largest absolute Gasteiger partial charge is 0.507 e. The van der Waals surface area contributed by atoms with Crippen molar-refractivity contribution in [3.8, 4) is 17.2 Å². The molecule has 0 heterocycles. The molecule has 0 aromatic heterocycles. The molecule has 0 saturated carbocycles. The number of rotatable bonds is 6. The SMILES string of the molecule is CCNC(=O)COc1ccc(/C=C2\C(=O)c3c(O)ccc(C)c3C2C)cc1OC. The normalized spacial score (nSPS) is 16.6. The van der Waals surface area contributed by atoms with Gasteiger partial charge < -0.3 is 19.9 Å². The van der Waals surface area contributed by atoms with Crippen LogP contribution in [0, 0.1) is 6.92 Å². The van der Waals surface area contributed by atoms with E-state index in [1.54, 1.807) is 24.3 Å². The summed E-state index contributed by atoms with van der Waals surface area (Å²) in [5.41, 5.74) is 3.62. The van der Waals surface area contributed by atoms with E-state index in [1.807, 2.05) is 32.9 Å². The maximum absolute atomic E-state index is 12.9. The number of phenolic OH excluding ortho intramolecular Hbond substituents is 1. The number of allylic oxidation sites excluding steroid dienone is 1. The molecule has 1 aliphatic rings. The average molecular weight is 395 g/mol. The molecule has 0 bridgehead atoms. The summed E-state index contributed by atoms with van der Waals surface area (Å²) in [5, 5.41) is 12.8. The molecule has 152 valence electrons. The Balaban J connectivity index is 1.89. The minimum atomic E-state index is -0.209. The molecule has 0 fully saturated rings. The van der Waals surface area contributed by atoms with Crippen LogP contribution in [0.4, 0.5) is 0 Å². The number of carbonyl (C=O) groups is 2. The van der Waals surface area contributed by atoms with Gasteiger partial charge >= 0.3 is 0 Å². The summed E-state index contributed by atoms with van der Waals surface area (Å²) in [6.45, 7) is 6.17. The summed E-state index contributed by atoms with van der Waals surface area (Å²) in [6.07, 6.45) is 1.81. The number of nitrogens with one attached hydrogen (secondary N) is 1. The Kier molecular flexibility index (Phi) is 5.92. The summed E-state index contributed by atoms with van der Waals surface area (Å²) in [7, 11) is 1.52. The quantitative estimate of drug-likeness (QED) is 0.730. The molecule has 29 heavy (non-hydrogen) atoms. The minimum absolute atomic E-state index is 0.0116. The molecule has 2 N–H and O–H groups in total. The molecule has 1 atom stereocenters. The van der Waals surface area contributed by atoms with Gasteiger partial charge in [0.1, 0.15) is 5.75 Å². The van der Waals surface area contributed by atoms with E-state index >= 15 is 0 Å². The van der Waals surface area contributed by atoms with Crippen molar-refractivity contribution in [1.82, 2.24) is 5.32 Å². The van der Waals surface area contributed by atoms with Gasteiger partial charge in [0, 0.05) is 18.0 Å². The molecule has 0 radical (unpaired) electrons. The lowest BCUT2D eigenvalue weighted by molar-refractivity contribution is -0.123. The molecule has 0 saturated heterocycles. The number of ketones is 1. The van der Waals surface area contributed by atoms with E-state index in [2.05, 4.69) is 5.32 Å². The van der Waals surface area contributed by atoms with Gasteiger partial charge in [-0.15, -0.1) is 0 Å². The highest BCUT2D eigenvalue weighted by Gasteiger charge is 2.35. The van der Waals surface area contributed by atoms with Gasteiger partial charge in [-0.25, -0.2) is 0 Å². The Morgan fingerprint density at radius 3 is 2.66 bits per heavy atom. The number of ether oxygens (including phenoxy) is 2. The summed E-state index contributed by atoms with van der Waals surface area (Å²) in [4.78, 5) is 24.5. The first-order valence-corrected chi connectivity index (χ1v) is 9.53. The third-order valence-electron chi connectivity index (χ3n) is 5.07. The second kappa shape index (κ2) is 8.39. The highest BCUT2D eigenvalue weighted by molar-refractivity contribution is 6.18. The van der Waals surface area contributed by atoms with Crippen molar-refractivity contribution in [2.24, 2.45) is 0 Å². The van der Waals surface area contributed by atoms with E-state index in [-0.39, 0.29) is 30.0 Å². The van der Waals surface area contributed by atoms with Crippen molar-refractivity contribution in [1.29, 1.82) is 0 Å². The smallest absolute Gasteiger partial charge is 0.257 e. The minimum Gasteiger partial charge on any atom is -0.507 e. The lowest BCUT2D eigenvalue weighted by Crippen LogP contribution is -2.28. The highest BCUT2D eigenvalue weighted by Crippen LogP contribution is 2.44. The predicted molar refractivity (Wildman–Crippen MR) is 111 cm³/mol. The number of benzene rings is 2. The zero-order valence-corrected chi connectivity index (χ0v) is 17.0. The van der Waals surface area contributed by atoms with E-state index < -0.39 is 0 Å². The molecule has 1 aliphatic carbocycles. The van der Waals surface area contributed by atoms with Gasteiger partial charge in [-0.2, -0.15) is 0 Å². The Hall–Kier alpha value is -3.28. The van der Waals surface area contributed by atoms with Crippen molar-refractivity contribution in [3.05, 3.63) is 58.2 Å². The number of likely N-dealkylation sites (N-methyl/N-ethyl adjacent to an activating group) is 1. The van der Waals surface area contributed by atoms with Crippen molar-refractivity contribution in [2.75, 3.05) is 20.3 Å². The zero-order valence-electron chi connectivity index (χ0n) is 17.0. The van der Waals surface area contributed by atoms with Gasteiger partial charge in [0.2, 0.25) is 0 Å². The molecule has 3 rings (SSSR count). The van der Waals surface area contributed by atoms with Crippen molar-refractivity contribution in [3.63, 3.8) is 0 Å². The van der Waals surface area contributed by atoms with Crippen LogP contribution in [0.25, 0.3) is 6.08 Å². The van der Waals surface area contributed by atoms with E-state index in [0.717, 1.165) is 16.7 Å². The summed E-state index contributed by atoms with van der Waals surface area (Å²) in [5.74, 6) is 0.437. The van der Waals surface area contributed by atoms with Crippen LogP contribution in [0.15, 0.2) is 35.9 Å². The van der Waals surface area contributed by atoms with Crippen LogP contribution in [-0.2, 0) is 4.79 Å². The van der Waals surface area contributed by atoms with Crippen LogP contribution in [0.2, 0.25) is 0 Å². The molecule has 6 heteroatoms. The van der Waals surface area contributed by atoms with E-state index in [9.17, 15) is 14.7 Å². The van der Waals surface area contributed by atoms with Crippen LogP contribution in [0.1, 0.15) is 46.8 Å². The molecule has 2 aromatic carbocycles. The number of amides is 1. The zero-order chi connectivity index (χ0) is 21.1. The fourth-order valence-electron chi connectivity index (χ4n) is 3.66. The number of aryl methyl sites for hydroxylation is 1. The second-order valence-electron chi connectivity index (χ2n) is 6.99. The third kappa shape index (κ3) is 3.97. The lowest BCUT2D eigenvalue weighted by Gasteiger charge is -2.12.